The van der Waals surface area contributed by atoms with Crippen LogP contribution in [-0.4, -0.2) is 48.0 Å². The van der Waals surface area contributed by atoms with Gasteiger partial charge in [-0.15, -0.1) is 0 Å². The fourth-order valence-corrected chi connectivity index (χ4v) is 3.31. The second kappa shape index (κ2) is 9.82. The third kappa shape index (κ3) is 4.80. The molecule has 0 radical (unpaired) electrons. The molecule has 0 aliphatic rings. The lowest BCUT2D eigenvalue weighted by atomic mass is 10.2. The number of benzene rings is 2. The number of fused-ring (bicyclic) bond motifs is 1. The van der Waals surface area contributed by atoms with E-state index in [1.165, 1.54) is 0 Å². The number of methoxy groups -OCH3 is 2. The Morgan fingerprint density at radius 3 is 2.62 bits per heavy atom. The molecule has 0 aliphatic carbocycles. The molecule has 0 fully saturated rings. The molecule has 2 aromatic carbocycles. The van der Waals surface area contributed by atoms with Crippen molar-refractivity contribution < 1.29 is 19.0 Å². The van der Waals surface area contributed by atoms with Crippen LogP contribution in [0.1, 0.15) is 15.9 Å². The average Bonchev–Trinajstić information content (AvgIpc) is 3.24. The van der Waals surface area contributed by atoms with Crippen LogP contribution in [0.5, 0.6) is 17.2 Å². The molecule has 0 saturated heterocycles. The van der Waals surface area contributed by atoms with Crippen molar-refractivity contribution >= 4 is 16.9 Å². The molecule has 2 aromatic heterocycles. The Balaban J connectivity index is 1.40. The lowest BCUT2D eigenvalue weighted by Crippen LogP contribution is -2.28. The predicted octanol–water partition coefficient (Wildman–Crippen LogP) is 3.31. The van der Waals surface area contributed by atoms with Crippen molar-refractivity contribution in [1.82, 2.24) is 20.1 Å². The van der Waals surface area contributed by atoms with Crippen molar-refractivity contribution in [2.45, 2.75) is 6.54 Å². The van der Waals surface area contributed by atoms with Gasteiger partial charge in [-0.1, -0.05) is 18.2 Å². The molecule has 8 heteroatoms. The topological polar surface area (TPSA) is 87.5 Å². The van der Waals surface area contributed by atoms with E-state index in [0.29, 0.717) is 36.7 Å². The third-order valence-corrected chi connectivity index (χ3v) is 4.95. The summed E-state index contributed by atoms with van der Waals surface area (Å²) in [7, 11) is 3.23. The molecule has 0 atom stereocenters. The maximum Gasteiger partial charge on any atom is 0.252 e. The number of carbonyl (C=O) groups excluding carboxylic acids is 1. The third-order valence-electron chi connectivity index (χ3n) is 4.95. The number of rotatable bonds is 9. The van der Waals surface area contributed by atoms with Crippen LogP contribution < -0.4 is 19.5 Å². The minimum Gasteiger partial charge on any atom is -0.497 e. The Labute approximate surface area is 185 Å². The highest BCUT2D eigenvalue weighted by molar-refractivity contribution is 5.96. The maximum absolute atomic E-state index is 12.5. The van der Waals surface area contributed by atoms with Crippen LogP contribution in [0.25, 0.3) is 11.0 Å². The summed E-state index contributed by atoms with van der Waals surface area (Å²) in [6.07, 6.45) is 3.26. The lowest BCUT2D eigenvalue weighted by molar-refractivity contribution is 0.0947. The lowest BCUT2D eigenvalue weighted by Gasteiger charge is -2.11. The number of hydrogen-bond donors (Lipinski definition) is 1. The van der Waals surface area contributed by atoms with Crippen LogP contribution in [0.15, 0.2) is 67.0 Å². The summed E-state index contributed by atoms with van der Waals surface area (Å²) >= 11 is 0. The van der Waals surface area contributed by atoms with Gasteiger partial charge in [0.15, 0.2) is 5.65 Å². The van der Waals surface area contributed by atoms with Gasteiger partial charge >= 0.3 is 0 Å². The summed E-state index contributed by atoms with van der Waals surface area (Å²) in [5.41, 5.74) is 2.10. The molecule has 2 heterocycles. The Morgan fingerprint density at radius 1 is 1.00 bits per heavy atom. The van der Waals surface area contributed by atoms with Gasteiger partial charge in [-0.2, -0.15) is 5.10 Å². The highest BCUT2D eigenvalue weighted by Crippen LogP contribution is 2.26. The van der Waals surface area contributed by atoms with Gasteiger partial charge in [0.1, 0.15) is 23.9 Å². The molecule has 8 nitrogen and oxygen atoms in total. The van der Waals surface area contributed by atoms with E-state index in [-0.39, 0.29) is 5.91 Å². The summed E-state index contributed by atoms with van der Waals surface area (Å²) in [6.45, 7) is 1.25. The first kappa shape index (κ1) is 21.2. The number of para-hydroxylation sites is 1. The molecule has 32 heavy (non-hydrogen) atoms. The molecular formula is C24H24N4O4. The monoisotopic (exact) mass is 432 g/mol. The Kier molecular flexibility index (Phi) is 6.50. The van der Waals surface area contributed by atoms with Crippen molar-refractivity contribution in [2.75, 3.05) is 27.4 Å². The van der Waals surface area contributed by atoms with Crippen LogP contribution in [-0.2, 0) is 6.54 Å². The zero-order valence-corrected chi connectivity index (χ0v) is 17.9. The van der Waals surface area contributed by atoms with Gasteiger partial charge in [-0.05, 0) is 30.3 Å². The molecular weight excluding hydrogens is 408 g/mol. The molecule has 0 saturated carbocycles. The fourth-order valence-electron chi connectivity index (χ4n) is 3.31. The maximum atomic E-state index is 12.5. The first-order valence-corrected chi connectivity index (χ1v) is 10.2. The number of ether oxygens (including phenoxy) is 3. The van der Waals surface area contributed by atoms with E-state index in [4.69, 9.17) is 14.2 Å². The van der Waals surface area contributed by atoms with Gasteiger partial charge < -0.3 is 19.5 Å². The smallest absolute Gasteiger partial charge is 0.252 e. The van der Waals surface area contributed by atoms with Gasteiger partial charge in [0, 0.05) is 23.2 Å². The van der Waals surface area contributed by atoms with Crippen molar-refractivity contribution in [3.05, 3.63) is 78.1 Å². The second-order valence-corrected chi connectivity index (χ2v) is 7.03. The highest BCUT2D eigenvalue weighted by Gasteiger charge is 2.12. The average molecular weight is 432 g/mol. The van der Waals surface area contributed by atoms with Gasteiger partial charge in [0.2, 0.25) is 0 Å². The van der Waals surface area contributed by atoms with Crippen LogP contribution in [0.2, 0.25) is 0 Å². The van der Waals surface area contributed by atoms with E-state index in [1.807, 2.05) is 48.5 Å². The molecule has 4 aromatic rings. The molecule has 0 aliphatic heterocycles. The number of hydrogen-bond acceptors (Lipinski definition) is 6. The van der Waals surface area contributed by atoms with Gasteiger partial charge in [-0.3, -0.25) is 4.79 Å². The summed E-state index contributed by atoms with van der Waals surface area (Å²) < 4.78 is 18.1. The Bertz CT molecular complexity index is 1210. The number of amides is 1. The number of pyridine rings is 1. The molecule has 0 spiro atoms. The van der Waals surface area contributed by atoms with Crippen LogP contribution in [0.3, 0.4) is 0 Å². The number of carbonyl (C=O) groups is 1. The molecule has 0 unspecified atom stereocenters. The SMILES string of the molecule is COc1ccc(Cn2ncc3cc(C(=O)NCCOc4ccccc4)cnc32)c(OC)c1. The molecule has 0 bridgehead atoms. The minimum absolute atomic E-state index is 0.208. The summed E-state index contributed by atoms with van der Waals surface area (Å²) in [6, 6.07) is 16.9. The normalized spacial score (nSPS) is 10.7. The van der Waals surface area contributed by atoms with Crippen molar-refractivity contribution in [3.8, 4) is 17.2 Å². The zero-order chi connectivity index (χ0) is 22.3. The summed E-state index contributed by atoms with van der Waals surface area (Å²) in [5, 5.41) is 8.06. The van der Waals surface area contributed by atoms with Crippen molar-refractivity contribution in [1.29, 1.82) is 0 Å². The van der Waals surface area contributed by atoms with E-state index in [1.54, 1.807) is 37.4 Å². The van der Waals surface area contributed by atoms with E-state index in [0.717, 1.165) is 22.4 Å². The van der Waals surface area contributed by atoms with Crippen molar-refractivity contribution in [3.63, 3.8) is 0 Å². The van der Waals surface area contributed by atoms with E-state index >= 15 is 0 Å². The Morgan fingerprint density at radius 2 is 1.84 bits per heavy atom. The van der Waals surface area contributed by atoms with E-state index < -0.39 is 0 Å². The van der Waals surface area contributed by atoms with Gasteiger partial charge in [0.25, 0.3) is 5.91 Å². The van der Waals surface area contributed by atoms with E-state index in [9.17, 15) is 4.79 Å². The number of nitrogens with one attached hydrogen (secondary N) is 1. The van der Waals surface area contributed by atoms with Gasteiger partial charge in [0.05, 0.1) is 39.1 Å². The van der Waals surface area contributed by atoms with Crippen LogP contribution in [0, 0.1) is 0 Å². The van der Waals surface area contributed by atoms with E-state index in [2.05, 4.69) is 15.4 Å². The molecule has 1 amide bonds. The molecule has 164 valence electrons. The second-order valence-electron chi connectivity index (χ2n) is 7.03. The largest absolute Gasteiger partial charge is 0.497 e. The standard InChI is InChI=1S/C24H24N4O4/c1-30-21-9-8-17(22(13-21)31-2)16-28-23-18(15-27-28)12-19(14-26-23)24(29)25-10-11-32-20-6-4-3-5-7-20/h3-9,12-15H,10-11,16H2,1-2H3,(H,25,29). The fraction of sp³-hybridized carbons (Fsp3) is 0.208. The number of nitrogens with zero attached hydrogens (tertiary/aromatic N) is 3. The molecule has 4 rings (SSSR count). The van der Waals surface area contributed by atoms with Crippen LogP contribution >= 0.6 is 0 Å². The van der Waals surface area contributed by atoms with Gasteiger partial charge in [-0.25, -0.2) is 9.67 Å². The predicted molar refractivity (Wildman–Crippen MR) is 120 cm³/mol. The van der Waals surface area contributed by atoms with Crippen molar-refractivity contribution in [2.24, 2.45) is 0 Å². The highest BCUT2D eigenvalue weighted by atomic mass is 16.5. The van der Waals surface area contributed by atoms with Crippen LogP contribution in [0.4, 0.5) is 0 Å². The summed E-state index contributed by atoms with van der Waals surface area (Å²) in [4.78, 5) is 16.9. The minimum atomic E-state index is -0.208. The Hall–Kier alpha value is -4.07. The zero-order valence-electron chi connectivity index (χ0n) is 17.9. The first-order valence-electron chi connectivity index (χ1n) is 10.2. The molecule has 1 N–H and O–H groups in total. The quantitative estimate of drug-likeness (QED) is 0.409. The number of aromatic nitrogens is 3. The summed E-state index contributed by atoms with van der Waals surface area (Å²) in [5.74, 6) is 1.99. The first-order chi connectivity index (χ1) is 15.7.